The van der Waals surface area contributed by atoms with E-state index in [0.717, 1.165) is 5.56 Å². The predicted octanol–water partition coefficient (Wildman–Crippen LogP) is 1.71. The Morgan fingerprint density at radius 1 is 1.48 bits per heavy atom. The summed E-state index contributed by atoms with van der Waals surface area (Å²) in [4.78, 5) is 11.6. The van der Waals surface area contributed by atoms with Crippen LogP contribution in [0.1, 0.15) is 18.4 Å². The minimum absolute atomic E-state index is 0.0496. The van der Waals surface area contributed by atoms with Crippen LogP contribution in [0.15, 0.2) is 41.8 Å². The number of sulfonamides is 1. The number of aliphatic carboxylic acids is 1. The lowest BCUT2D eigenvalue weighted by Gasteiger charge is -2.24. The highest BCUT2D eigenvalue weighted by Crippen LogP contribution is 2.28. The first kappa shape index (κ1) is 17.7. The highest BCUT2D eigenvalue weighted by Gasteiger charge is 2.40. The number of hydrogen-bond donors (Lipinski definition) is 2. The van der Waals surface area contributed by atoms with Crippen molar-refractivity contribution >= 4 is 16.0 Å². The molecule has 2 N–H and O–H groups in total. The molecule has 0 amide bonds. The van der Waals surface area contributed by atoms with Gasteiger partial charge in [0.05, 0.1) is 11.0 Å². The fraction of sp³-hybridized carbons (Fsp3) is 0.438. The van der Waals surface area contributed by atoms with Gasteiger partial charge in [-0.15, -0.1) is 6.58 Å². The zero-order valence-electron chi connectivity index (χ0n) is 12.9. The van der Waals surface area contributed by atoms with Crippen molar-refractivity contribution in [2.75, 3.05) is 6.61 Å². The van der Waals surface area contributed by atoms with Crippen LogP contribution in [0.2, 0.25) is 0 Å². The monoisotopic (exact) mass is 339 g/mol. The van der Waals surface area contributed by atoms with Crippen molar-refractivity contribution in [1.29, 1.82) is 0 Å². The Hall–Kier alpha value is -1.70. The second kappa shape index (κ2) is 7.25. The van der Waals surface area contributed by atoms with Gasteiger partial charge in [-0.25, -0.2) is 8.42 Å². The molecule has 0 radical (unpaired) electrons. The van der Waals surface area contributed by atoms with Crippen molar-refractivity contribution in [1.82, 2.24) is 4.72 Å². The fourth-order valence-electron chi connectivity index (χ4n) is 2.73. The number of aryl methyl sites for hydroxylation is 1. The van der Waals surface area contributed by atoms with E-state index in [-0.39, 0.29) is 11.0 Å². The van der Waals surface area contributed by atoms with E-state index in [4.69, 9.17) is 4.74 Å². The van der Waals surface area contributed by atoms with E-state index in [0.29, 0.717) is 19.4 Å². The zero-order chi connectivity index (χ0) is 17.0. The van der Waals surface area contributed by atoms with Crippen LogP contribution in [0.3, 0.4) is 0 Å². The third-order valence-electron chi connectivity index (χ3n) is 3.97. The maximum atomic E-state index is 12.4. The second-order valence-electron chi connectivity index (χ2n) is 5.64. The van der Waals surface area contributed by atoms with E-state index in [1.165, 1.54) is 12.1 Å². The molecule has 2 rings (SSSR count). The lowest BCUT2D eigenvalue weighted by atomic mass is 9.91. The van der Waals surface area contributed by atoms with Gasteiger partial charge in [0.15, 0.2) is 0 Å². The number of rotatable bonds is 7. The molecule has 0 spiro atoms. The summed E-state index contributed by atoms with van der Waals surface area (Å²) >= 11 is 0. The fourth-order valence-corrected chi connectivity index (χ4v) is 3.97. The van der Waals surface area contributed by atoms with Crippen LogP contribution in [0.25, 0.3) is 0 Å². The van der Waals surface area contributed by atoms with Crippen molar-refractivity contribution in [2.45, 2.75) is 36.8 Å². The summed E-state index contributed by atoms with van der Waals surface area (Å²) in [5.41, 5.74) is 0.925. The molecule has 1 aromatic carbocycles. The van der Waals surface area contributed by atoms with Crippen LogP contribution >= 0.6 is 0 Å². The van der Waals surface area contributed by atoms with E-state index in [9.17, 15) is 18.3 Å². The summed E-state index contributed by atoms with van der Waals surface area (Å²) in [7, 11) is -3.91. The van der Waals surface area contributed by atoms with Crippen molar-refractivity contribution < 1.29 is 23.1 Å². The highest BCUT2D eigenvalue weighted by molar-refractivity contribution is 7.89. The van der Waals surface area contributed by atoms with Crippen LogP contribution < -0.4 is 4.72 Å². The number of carboxylic acids is 1. The van der Waals surface area contributed by atoms with Crippen molar-refractivity contribution in [3.05, 3.63) is 42.5 Å². The van der Waals surface area contributed by atoms with E-state index < -0.39 is 28.0 Å². The van der Waals surface area contributed by atoms with Gasteiger partial charge in [0.1, 0.15) is 6.04 Å². The molecule has 6 nitrogen and oxygen atoms in total. The lowest BCUT2D eigenvalue weighted by Crippen LogP contribution is -2.48. The number of benzene rings is 1. The molecule has 1 aromatic rings. The maximum absolute atomic E-state index is 12.4. The van der Waals surface area contributed by atoms with Gasteiger partial charge in [0, 0.05) is 12.5 Å². The van der Waals surface area contributed by atoms with E-state index in [1.807, 2.05) is 6.92 Å². The molecule has 1 saturated heterocycles. The van der Waals surface area contributed by atoms with Crippen LogP contribution in [0.5, 0.6) is 0 Å². The number of nitrogens with one attached hydrogen (secondary N) is 1. The van der Waals surface area contributed by atoms with Gasteiger partial charge in [-0.2, -0.15) is 4.72 Å². The molecule has 0 bridgehead atoms. The molecule has 1 heterocycles. The molecule has 126 valence electrons. The van der Waals surface area contributed by atoms with E-state index in [2.05, 4.69) is 11.3 Å². The summed E-state index contributed by atoms with van der Waals surface area (Å²) in [6.07, 6.45) is 2.29. The normalized spacial score (nSPS) is 22.7. The summed E-state index contributed by atoms with van der Waals surface area (Å²) in [5, 5.41) is 9.47. The summed E-state index contributed by atoms with van der Waals surface area (Å²) in [6, 6.07) is 5.03. The van der Waals surface area contributed by atoms with E-state index in [1.54, 1.807) is 18.2 Å². The first-order valence-electron chi connectivity index (χ1n) is 7.39. The van der Waals surface area contributed by atoms with Crippen molar-refractivity contribution in [2.24, 2.45) is 5.92 Å². The minimum atomic E-state index is -3.91. The second-order valence-corrected chi connectivity index (χ2v) is 7.35. The number of carbonyl (C=O) groups is 1. The average Bonchev–Trinajstić information content (AvgIpc) is 2.93. The van der Waals surface area contributed by atoms with Gasteiger partial charge in [0.25, 0.3) is 0 Å². The third kappa shape index (κ3) is 4.19. The predicted molar refractivity (Wildman–Crippen MR) is 85.6 cm³/mol. The van der Waals surface area contributed by atoms with Crippen LogP contribution in [-0.2, 0) is 19.6 Å². The topological polar surface area (TPSA) is 92.7 Å². The molecule has 1 unspecified atom stereocenters. The molecule has 0 aliphatic carbocycles. The number of hydrogen-bond acceptors (Lipinski definition) is 4. The Morgan fingerprint density at radius 3 is 2.70 bits per heavy atom. The molecular weight excluding hydrogens is 318 g/mol. The minimum Gasteiger partial charge on any atom is -0.480 e. The van der Waals surface area contributed by atoms with Gasteiger partial charge in [-0.05, 0) is 31.9 Å². The lowest BCUT2D eigenvalue weighted by molar-refractivity contribution is -0.141. The summed E-state index contributed by atoms with van der Waals surface area (Å²) < 4.78 is 32.7. The molecule has 3 atom stereocenters. The SMILES string of the molecule is C=CC[C@@H]1OCC[C@@H]1C(NS(=O)(=O)c1ccc(C)cc1)C(=O)O. The molecule has 1 aliphatic heterocycles. The Morgan fingerprint density at radius 2 is 2.13 bits per heavy atom. The van der Waals surface area contributed by atoms with Gasteiger partial charge < -0.3 is 9.84 Å². The molecule has 1 fully saturated rings. The van der Waals surface area contributed by atoms with E-state index >= 15 is 0 Å². The third-order valence-corrected chi connectivity index (χ3v) is 5.42. The molecule has 1 aliphatic rings. The van der Waals surface area contributed by atoms with Crippen LogP contribution in [-0.4, -0.2) is 38.2 Å². The Bertz CT molecular complexity index is 668. The Labute approximate surface area is 136 Å². The molecular formula is C16H21NO5S. The van der Waals surface area contributed by atoms with Gasteiger partial charge >= 0.3 is 5.97 Å². The summed E-state index contributed by atoms with van der Waals surface area (Å²) in [6.45, 7) is 5.89. The quantitative estimate of drug-likeness (QED) is 0.738. The maximum Gasteiger partial charge on any atom is 0.322 e. The molecule has 0 aromatic heterocycles. The van der Waals surface area contributed by atoms with Gasteiger partial charge in [0.2, 0.25) is 10.0 Å². The van der Waals surface area contributed by atoms with Gasteiger partial charge in [-0.1, -0.05) is 23.8 Å². The Balaban J connectivity index is 2.23. The molecule has 0 saturated carbocycles. The number of carboxylic acid groups (broad SMARTS) is 1. The highest BCUT2D eigenvalue weighted by atomic mass is 32.2. The van der Waals surface area contributed by atoms with Crippen molar-refractivity contribution in [3.8, 4) is 0 Å². The van der Waals surface area contributed by atoms with Gasteiger partial charge in [-0.3, -0.25) is 4.79 Å². The number of ether oxygens (including phenoxy) is 1. The van der Waals surface area contributed by atoms with Crippen molar-refractivity contribution in [3.63, 3.8) is 0 Å². The van der Waals surface area contributed by atoms with Crippen LogP contribution in [0, 0.1) is 12.8 Å². The van der Waals surface area contributed by atoms with Crippen LogP contribution in [0.4, 0.5) is 0 Å². The Kier molecular flexibility index (Phi) is 5.56. The first-order valence-corrected chi connectivity index (χ1v) is 8.88. The standard InChI is InChI=1S/C16H21NO5S/c1-3-4-14-13(9-10-22-14)15(16(18)19)17-23(20,21)12-7-5-11(2)6-8-12/h3,5-8,13-15,17H,1,4,9-10H2,2H3,(H,18,19)/t13-,14-,15?/m0/s1. The largest absolute Gasteiger partial charge is 0.480 e. The first-order chi connectivity index (χ1) is 10.8. The summed E-state index contributed by atoms with van der Waals surface area (Å²) in [5.74, 6) is -1.63. The molecule has 7 heteroatoms. The average molecular weight is 339 g/mol. The zero-order valence-corrected chi connectivity index (χ0v) is 13.8. The molecule has 23 heavy (non-hydrogen) atoms. The smallest absolute Gasteiger partial charge is 0.322 e.